The number of nitrogens with one attached hydrogen (secondary N) is 1. The lowest BCUT2D eigenvalue weighted by Gasteiger charge is -2.31. The monoisotopic (exact) mass is 282 g/mol. The van der Waals surface area contributed by atoms with Crippen LogP contribution in [0.2, 0.25) is 0 Å². The Morgan fingerprint density at radius 1 is 1.40 bits per heavy atom. The lowest BCUT2D eigenvalue weighted by molar-refractivity contribution is -0.384. The molecule has 0 aliphatic rings. The highest BCUT2D eigenvalue weighted by Gasteiger charge is 2.28. The number of anilines is 1. The molecule has 1 rings (SSSR count). The van der Waals surface area contributed by atoms with Crippen molar-refractivity contribution < 1.29 is 19.9 Å². The number of carboxylic acid groups (broad SMARTS) is 1. The number of benzene rings is 1. The second-order valence-corrected chi connectivity index (χ2v) is 4.56. The molecule has 0 radical (unpaired) electrons. The standard InChI is InChI=1S/C13H18N2O5/c1-3-13(4-2,8-16)14-10-7-9(12(17)18)5-6-11(10)15(19)20/h5-7,14,16H,3-4,8H2,1-2H3,(H,17,18). The molecule has 0 fully saturated rings. The number of nitrogens with zero attached hydrogens (tertiary/aromatic N) is 1. The number of carbonyl (C=O) groups is 1. The van der Waals surface area contributed by atoms with Gasteiger partial charge in [-0.05, 0) is 25.0 Å². The lowest BCUT2D eigenvalue weighted by Crippen LogP contribution is -2.41. The number of hydrogen-bond donors (Lipinski definition) is 3. The van der Waals surface area contributed by atoms with E-state index in [0.29, 0.717) is 12.8 Å². The first-order valence-electron chi connectivity index (χ1n) is 6.30. The summed E-state index contributed by atoms with van der Waals surface area (Å²) in [5, 5.41) is 32.4. The third kappa shape index (κ3) is 3.24. The smallest absolute Gasteiger partial charge is 0.335 e. The van der Waals surface area contributed by atoms with Gasteiger partial charge in [0.2, 0.25) is 0 Å². The van der Waals surface area contributed by atoms with Gasteiger partial charge < -0.3 is 15.5 Å². The summed E-state index contributed by atoms with van der Waals surface area (Å²) in [6.45, 7) is 3.49. The molecule has 0 aliphatic heterocycles. The molecule has 110 valence electrons. The Bertz CT molecular complexity index is 503. The van der Waals surface area contributed by atoms with Crippen molar-refractivity contribution in [1.29, 1.82) is 0 Å². The minimum atomic E-state index is -1.16. The van der Waals surface area contributed by atoms with Crippen molar-refractivity contribution in [1.82, 2.24) is 0 Å². The van der Waals surface area contributed by atoms with Crippen molar-refractivity contribution in [3.8, 4) is 0 Å². The lowest BCUT2D eigenvalue weighted by atomic mass is 9.93. The zero-order valence-electron chi connectivity index (χ0n) is 11.4. The van der Waals surface area contributed by atoms with Crippen LogP contribution >= 0.6 is 0 Å². The molecule has 0 saturated heterocycles. The second kappa shape index (κ2) is 6.33. The van der Waals surface area contributed by atoms with Crippen molar-refractivity contribution in [3.63, 3.8) is 0 Å². The van der Waals surface area contributed by atoms with Gasteiger partial charge in [0.1, 0.15) is 5.69 Å². The van der Waals surface area contributed by atoms with E-state index in [2.05, 4.69) is 5.32 Å². The largest absolute Gasteiger partial charge is 0.478 e. The summed E-state index contributed by atoms with van der Waals surface area (Å²) in [5.74, 6) is -1.16. The number of nitro groups is 1. The average molecular weight is 282 g/mol. The fraction of sp³-hybridized carbons (Fsp3) is 0.462. The van der Waals surface area contributed by atoms with Crippen LogP contribution in [0.4, 0.5) is 11.4 Å². The number of aliphatic hydroxyl groups is 1. The highest BCUT2D eigenvalue weighted by Crippen LogP contribution is 2.30. The van der Waals surface area contributed by atoms with Crippen molar-refractivity contribution in [2.45, 2.75) is 32.2 Å². The Kier molecular flexibility index (Phi) is 5.04. The molecule has 20 heavy (non-hydrogen) atoms. The molecule has 3 N–H and O–H groups in total. The molecule has 0 bridgehead atoms. The Morgan fingerprint density at radius 2 is 2.00 bits per heavy atom. The summed E-state index contributed by atoms with van der Waals surface area (Å²) in [4.78, 5) is 21.4. The number of carboxylic acids is 1. The fourth-order valence-electron chi connectivity index (χ4n) is 1.90. The molecule has 0 saturated carbocycles. The summed E-state index contributed by atoms with van der Waals surface area (Å²) < 4.78 is 0. The quantitative estimate of drug-likeness (QED) is 0.522. The second-order valence-electron chi connectivity index (χ2n) is 4.56. The van der Waals surface area contributed by atoms with E-state index in [9.17, 15) is 20.0 Å². The SMILES string of the molecule is CCC(CC)(CO)Nc1cc(C(=O)O)ccc1[N+](=O)[O-]. The van der Waals surface area contributed by atoms with E-state index in [1.807, 2.05) is 13.8 Å². The van der Waals surface area contributed by atoms with Crippen LogP contribution in [0, 0.1) is 10.1 Å². The number of hydrogen-bond acceptors (Lipinski definition) is 5. The Morgan fingerprint density at radius 3 is 2.40 bits per heavy atom. The number of aliphatic hydroxyl groups excluding tert-OH is 1. The van der Waals surface area contributed by atoms with Crippen molar-refractivity contribution >= 4 is 17.3 Å². The molecule has 0 amide bonds. The van der Waals surface area contributed by atoms with Gasteiger partial charge in [0, 0.05) is 6.07 Å². The van der Waals surface area contributed by atoms with E-state index >= 15 is 0 Å². The normalized spacial score (nSPS) is 11.2. The maximum Gasteiger partial charge on any atom is 0.335 e. The first kappa shape index (κ1) is 15.9. The number of rotatable bonds is 7. The van der Waals surface area contributed by atoms with Gasteiger partial charge in [-0.15, -0.1) is 0 Å². The van der Waals surface area contributed by atoms with Crippen molar-refractivity contribution in [3.05, 3.63) is 33.9 Å². The third-order valence-electron chi connectivity index (χ3n) is 3.50. The molecule has 7 heteroatoms. The summed E-state index contributed by atoms with van der Waals surface area (Å²) >= 11 is 0. The van der Waals surface area contributed by atoms with E-state index in [1.165, 1.54) is 12.1 Å². The predicted molar refractivity (Wildman–Crippen MR) is 74.1 cm³/mol. The third-order valence-corrected chi connectivity index (χ3v) is 3.50. The van der Waals surface area contributed by atoms with E-state index in [-0.39, 0.29) is 23.5 Å². The molecular weight excluding hydrogens is 264 g/mol. The zero-order valence-corrected chi connectivity index (χ0v) is 11.4. The molecule has 0 atom stereocenters. The first-order valence-corrected chi connectivity index (χ1v) is 6.30. The Labute approximate surface area is 116 Å². The van der Waals surface area contributed by atoms with Crippen LogP contribution in [0.5, 0.6) is 0 Å². The molecule has 0 unspecified atom stereocenters. The van der Waals surface area contributed by atoms with Crippen LogP contribution in [-0.2, 0) is 0 Å². The maximum atomic E-state index is 11.0. The van der Waals surface area contributed by atoms with E-state index in [1.54, 1.807) is 0 Å². The van der Waals surface area contributed by atoms with Crippen molar-refractivity contribution in [2.75, 3.05) is 11.9 Å². The van der Waals surface area contributed by atoms with E-state index in [0.717, 1.165) is 6.07 Å². The van der Waals surface area contributed by atoms with E-state index < -0.39 is 16.4 Å². The molecule has 0 heterocycles. The van der Waals surface area contributed by atoms with Gasteiger partial charge in [-0.2, -0.15) is 0 Å². The van der Waals surface area contributed by atoms with Crippen LogP contribution in [0.25, 0.3) is 0 Å². The summed E-state index contributed by atoms with van der Waals surface area (Å²) in [7, 11) is 0. The molecule has 0 aromatic heterocycles. The average Bonchev–Trinajstić information content (AvgIpc) is 2.44. The van der Waals surface area contributed by atoms with Gasteiger partial charge in [-0.1, -0.05) is 13.8 Å². The Balaban J connectivity index is 3.29. The highest BCUT2D eigenvalue weighted by atomic mass is 16.6. The van der Waals surface area contributed by atoms with Crippen LogP contribution in [-0.4, -0.2) is 33.3 Å². The van der Waals surface area contributed by atoms with Gasteiger partial charge in [-0.25, -0.2) is 4.79 Å². The van der Waals surface area contributed by atoms with Crippen LogP contribution in [0.3, 0.4) is 0 Å². The molecule has 0 spiro atoms. The molecule has 7 nitrogen and oxygen atoms in total. The predicted octanol–water partition coefficient (Wildman–Crippen LogP) is 2.26. The van der Waals surface area contributed by atoms with Crippen LogP contribution in [0.15, 0.2) is 18.2 Å². The maximum absolute atomic E-state index is 11.0. The van der Waals surface area contributed by atoms with Crippen LogP contribution < -0.4 is 5.32 Å². The fourth-order valence-corrected chi connectivity index (χ4v) is 1.90. The topological polar surface area (TPSA) is 113 Å². The molecule has 1 aromatic rings. The number of aromatic carboxylic acids is 1. The van der Waals surface area contributed by atoms with Crippen LogP contribution in [0.1, 0.15) is 37.0 Å². The van der Waals surface area contributed by atoms with E-state index in [4.69, 9.17) is 5.11 Å². The Hall–Kier alpha value is -2.15. The molecule has 1 aromatic carbocycles. The zero-order chi connectivity index (χ0) is 15.3. The summed E-state index contributed by atoms with van der Waals surface area (Å²) in [6.07, 6.45) is 1.10. The molecule has 0 aliphatic carbocycles. The van der Waals surface area contributed by atoms with Gasteiger partial charge in [-0.3, -0.25) is 10.1 Å². The molecular formula is C13H18N2O5. The number of nitro benzene ring substituents is 1. The minimum absolute atomic E-state index is 0.0443. The first-order chi connectivity index (χ1) is 9.39. The summed E-state index contributed by atoms with van der Waals surface area (Å²) in [6, 6.07) is 3.56. The van der Waals surface area contributed by atoms with Gasteiger partial charge >= 0.3 is 5.97 Å². The summed E-state index contributed by atoms with van der Waals surface area (Å²) in [5.41, 5.74) is -0.860. The van der Waals surface area contributed by atoms with Gasteiger partial charge in [0.25, 0.3) is 5.69 Å². The van der Waals surface area contributed by atoms with Crippen molar-refractivity contribution in [2.24, 2.45) is 0 Å². The van der Waals surface area contributed by atoms with Gasteiger partial charge in [0.15, 0.2) is 0 Å². The van der Waals surface area contributed by atoms with Gasteiger partial charge in [0.05, 0.1) is 22.6 Å². The minimum Gasteiger partial charge on any atom is -0.478 e. The highest BCUT2D eigenvalue weighted by molar-refractivity contribution is 5.90.